The first-order valence-electron chi connectivity index (χ1n) is 17.5. The zero-order valence-electron chi connectivity index (χ0n) is 28.7. The predicted octanol–water partition coefficient (Wildman–Crippen LogP) is 12.2. The second-order valence-electron chi connectivity index (χ2n) is 14.6. The molecule has 0 N–H and O–H groups in total. The van der Waals surface area contributed by atoms with Crippen LogP contribution in [-0.2, 0) is 11.8 Å². The average Bonchev–Trinajstić information content (AvgIpc) is 3.72. The molecule has 0 amide bonds. The van der Waals surface area contributed by atoms with Crippen molar-refractivity contribution in [2.24, 2.45) is 7.05 Å². The van der Waals surface area contributed by atoms with E-state index in [4.69, 9.17) is 4.74 Å². The third kappa shape index (κ3) is 6.06. The van der Waals surface area contributed by atoms with Crippen molar-refractivity contribution in [3.05, 3.63) is 101 Å². The zero-order chi connectivity index (χ0) is 31.8. The zero-order valence-corrected chi connectivity index (χ0v) is 29.7. The summed E-state index contributed by atoms with van der Waals surface area (Å²) in [6, 6.07) is 25.6. The van der Waals surface area contributed by atoms with Crippen LogP contribution in [0, 0.1) is 0 Å². The van der Waals surface area contributed by atoms with Gasteiger partial charge in [0, 0.05) is 41.0 Å². The fourth-order valence-corrected chi connectivity index (χ4v) is 14.0. The monoisotopic (exact) mass is 615 g/mol. The molecule has 1 aromatic heterocycles. The van der Waals surface area contributed by atoms with E-state index in [1.807, 2.05) is 0 Å². The topological polar surface area (TPSA) is 14.2 Å². The van der Waals surface area contributed by atoms with Gasteiger partial charge in [0.05, 0.1) is 13.7 Å². The number of aryl methyl sites for hydroxylation is 1. The Labute approximate surface area is 272 Å². The highest BCUT2D eigenvalue weighted by molar-refractivity contribution is 6.84. The Balaban J connectivity index is 1.23. The minimum Gasteiger partial charge on any atom is -0.376 e. The van der Waals surface area contributed by atoms with E-state index >= 15 is 0 Å². The number of nitrogens with zero attached hydrogens (tertiary/aromatic N) is 1. The number of para-hydroxylation sites is 1. The third-order valence-electron chi connectivity index (χ3n) is 10.9. The van der Waals surface area contributed by atoms with Gasteiger partial charge in [0.25, 0.3) is 0 Å². The number of allylic oxidation sites excluding steroid dienone is 5. The Morgan fingerprint density at radius 1 is 0.844 bits per heavy atom. The molecule has 0 radical (unpaired) electrons. The van der Waals surface area contributed by atoms with Gasteiger partial charge in [-0.1, -0.05) is 117 Å². The second-order valence-corrected chi connectivity index (χ2v) is 19.8. The molecule has 1 heterocycles. The van der Waals surface area contributed by atoms with Crippen LogP contribution < -0.4 is 0 Å². The number of rotatable bonds is 12. The lowest BCUT2D eigenvalue weighted by Crippen LogP contribution is -2.44. The van der Waals surface area contributed by atoms with Crippen LogP contribution in [0.5, 0.6) is 0 Å². The molecule has 2 aliphatic carbocycles. The lowest BCUT2D eigenvalue weighted by Gasteiger charge is -2.41. The number of hydrogen-bond donors (Lipinski definition) is 0. The highest BCUT2D eigenvalue weighted by Crippen LogP contribution is 2.53. The molecule has 0 bridgehead atoms. The molecule has 0 spiro atoms. The van der Waals surface area contributed by atoms with Gasteiger partial charge in [-0.2, -0.15) is 0 Å². The van der Waals surface area contributed by atoms with Gasteiger partial charge in [0.15, 0.2) is 0 Å². The molecule has 2 nitrogen and oxygen atoms in total. The molecule has 3 aromatic carbocycles. The minimum atomic E-state index is -1.77. The molecule has 0 saturated carbocycles. The second kappa shape index (κ2) is 12.9. The first-order valence-corrected chi connectivity index (χ1v) is 20.0. The number of fused-ring (bicyclic) bond motifs is 4. The van der Waals surface area contributed by atoms with Gasteiger partial charge in [-0.3, -0.25) is 0 Å². The molecule has 0 saturated heterocycles. The van der Waals surface area contributed by atoms with Crippen molar-refractivity contribution in [1.82, 2.24) is 4.57 Å². The van der Waals surface area contributed by atoms with E-state index in [9.17, 15) is 0 Å². The Bertz CT molecular complexity index is 1770. The standard InChI is InChI=1S/C42H53NOSi/c1-8-45(9-2,33-24-22-31(28-33)17-12-10-11-15-26-44-42(4,5)6)41-30(3)27-37-34(19-16-20-36(37)41)32-23-25-40-38(29-32)35-18-13-14-21-39(35)43(40)7/h13-14,16,18-25,27-29,33,41H,8-12,15,17,26H2,1-7H3. The highest BCUT2D eigenvalue weighted by atomic mass is 28.3. The van der Waals surface area contributed by atoms with E-state index in [1.54, 1.807) is 16.7 Å². The summed E-state index contributed by atoms with van der Waals surface area (Å²) in [5, 5.41) is 2.68. The molecule has 3 heteroatoms. The summed E-state index contributed by atoms with van der Waals surface area (Å²) in [5.41, 5.74) is 12.6. The van der Waals surface area contributed by atoms with E-state index in [0.29, 0.717) is 11.1 Å². The van der Waals surface area contributed by atoms with E-state index in [0.717, 1.165) is 6.61 Å². The van der Waals surface area contributed by atoms with Crippen LogP contribution in [0.1, 0.15) is 90.3 Å². The molecule has 45 heavy (non-hydrogen) atoms. The summed E-state index contributed by atoms with van der Waals surface area (Å²) >= 11 is 0. The van der Waals surface area contributed by atoms with E-state index < -0.39 is 8.07 Å². The first-order chi connectivity index (χ1) is 21.7. The van der Waals surface area contributed by atoms with E-state index in [1.165, 1.54) is 82.7 Å². The molecule has 2 atom stereocenters. The molecular weight excluding hydrogens is 563 g/mol. The molecule has 2 unspecified atom stereocenters. The van der Waals surface area contributed by atoms with Gasteiger partial charge < -0.3 is 9.30 Å². The lowest BCUT2D eigenvalue weighted by atomic mass is 9.96. The van der Waals surface area contributed by atoms with Crippen molar-refractivity contribution < 1.29 is 4.74 Å². The number of ether oxygens (including phenoxy) is 1. The van der Waals surface area contributed by atoms with Crippen LogP contribution in [0.4, 0.5) is 0 Å². The minimum absolute atomic E-state index is 0.0237. The fourth-order valence-electron chi connectivity index (χ4n) is 8.48. The van der Waals surface area contributed by atoms with Gasteiger partial charge in [0.2, 0.25) is 0 Å². The summed E-state index contributed by atoms with van der Waals surface area (Å²) in [6.07, 6.45) is 16.5. The summed E-state index contributed by atoms with van der Waals surface area (Å²) in [6.45, 7) is 14.7. The predicted molar refractivity (Wildman–Crippen MR) is 199 cm³/mol. The Kier molecular flexibility index (Phi) is 9.14. The van der Waals surface area contributed by atoms with Gasteiger partial charge in [-0.05, 0) is 93.0 Å². The van der Waals surface area contributed by atoms with Gasteiger partial charge in [0.1, 0.15) is 0 Å². The van der Waals surface area contributed by atoms with Crippen molar-refractivity contribution in [1.29, 1.82) is 0 Å². The van der Waals surface area contributed by atoms with Crippen LogP contribution in [0.3, 0.4) is 0 Å². The molecule has 4 aromatic rings. The van der Waals surface area contributed by atoms with E-state index in [-0.39, 0.29) is 5.60 Å². The molecule has 0 aliphatic heterocycles. The van der Waals surface area contributed by atoms with Crippen molar-refractivity contribution in [2.75, 3.05) is 6.61 Å². The van der Waals surface area contributed by atoms with Crippen molar-refractivity contribution in [3.8, 4) is 11.1 Å². The summed E-state index contributed by atoms with van der Waals surface area (Å²) in [5.74, 6) is 0. The third-order valence-corrected chi connectivity index (χ3v) is 17.1. The van der Waals surface area contributed by atoms with Gasteiger partial charge in [-0.15, -0.1) is 0 Å². The Morgan fingerprint density at radius 2 is 1.60 bits per heavy atom. The molecule has 2 aliphatic rings. The summed E-state index contributed by atoms with van der Waals surface area (Å²) < 4.78 is 8.24. The molecule has 6 rings (SSSR count). The lowest BCUT2D eigenvalue weighted by molar-refractivity contribution is -0.00473. The van der Waals surface area contributed by atoms with Gasteiger partial charge in [-0.25, -0.2) is 0 Å². The first kappa shape index (κ1) is 31.8. The van der Waals surface area contributed by atoms with Crippen molar-refractivity contribution >= 4 is 36.0 Å². The molecular formula is C42H53NOSi. The van der Waals surface area contributed by atoms with Crippen LogP contribution in [0.15, 0.2) is 90.0 Å². The van der Waals surface area contributed by atoms with Gasteiger partial charge >= 0.3 is 0 Å². The van der Waals surface area contributed by atoms with Crippen molar-refractivity contribution in [3.63, 3.8) is 0 Å². The normalized spacial score (nSPS) is 18.2. The quantitative estimate of drug-likeness (QED) is 0.114. The number of unbranched alkanes of at least 4 members (excludes halogenated alkanes) is 3. The van der Waals surface area contributed by atoms with Crippen LogP contribution >= 0.6 is 0 Å². The SMILES string of the molecule is CC[Si](CC)(C1C=CC(CCCCCCOC(C)(C)C)=C1)C1C(C)=Cc2c(-c3ccc4c(c3)c3ccccc3n4C)cccc21. The number of aromatic nitrogens is 1. The Morgan fingerprint density at radius 3 is 2.38 bits per heavy atom. The van der Waals surface area contributed by atoms with E-state index in [2.05, 4.69) is 138 Å². The fraction of sp³-hybridized carbons (Fsp3) is 0.429. The highest BCUT2D eigenvalue weighted by Gasteiger charge is 2.47. The number of hydrogen-bond acceptors (Lipinski definition) is 1. The van der Waals surface area contributed by atoms with Crippen molar-refractivity contribution in [2.45, 2.75) is 102 Å². The maximum atomic E-state index is 5.91. The molecule has 0 fully saturated rings. The molecule has 236 valence electrons. The number of benzene rings is 3. The van der Waals surface area contributed by atoms with Crippen LogP contribution in [0.2, 0.25) is 17.6 Å². The maximum absolute atomic E-state index is 5.91. The Hall–Kier alpha value is -3.14. The summed E-state index contributed by atoms with van der Waals surface area (Å²) in [4.78, 5) is 0. The smallest absolute Gasteiger partial charge is 0.0765 e. The van der Waals surface area contributed by atoms with Crippen LogP contribution in [-0.4, -0.2) is 24.8 Å². The summed E-state index contributed by atoms with van der Waals surface area (Å²) in [7, 11) is 0.415. The largest absolute Gasteiger partial charge is 0.376 e. The average molecular weight is 616 g/mol. The van der Waals surface area contributed by atoms with Crippen LogP contribution in [0.25, 0.3) is 39.0 Å². The maximum Gasteiger partial charge on any atom is 0.0765 e.